The van der Waals surface area contributed by atoms with E-state index in [1.54, 1.807) is 0 Å². The third-order valence-corrected chi connectivity index (χ3v) is 9.12. The fourth-order valence-electron chi connectivity index (χ4n) is 6.30. The van der Waals surface area contributed by atoms with Crippen LogP contribution in [-0.2, 0) is 14.9 Å². The summed E-state index contributed by atoms with van der Waals surface area (Å²) in [5, 5.41) is 0. The Bertz CT molecular complexity index is 631. The predicted molar refractivity (Wildman–Crippen MR) is 112 cm³/mol. The first-order chi connectivity index (χ1) is 13.1. The Morgan fingerprint density at radius 1 is 1.00 bits per heavy atom. The summed E-state index contributed by atoms with van der Waals surface area (Å²) in [6.07, 6.45) is 13.9. The molecule has 1 aliphatic heterocycles. The molecule has 2 atom stereocenters. The van der Waals surface area contributed by atoms with Gasteiger partial charge in [0.15, 0.2) is 0 Å². The molecular formula is C22H39NO4S. The second kappa shape index (κ2) is 8.73. The zero-order valence-corrected chi connectivity index (χ0v) is 18.6. The predicted octanol–water partition coefficient (Wildman–Crippen LogP) is 4.32. The van der Waals surface area contributed by atoms with Gasteiger partial charge in [-0.1, -0.05) is 39.5 Å². The Morgan fingerprint density at radius 2 is 1.61 bits per heavy atom. The maximum Gasteiger partial charge on any atom is 0.265 e. The van der Waals surface area contributed by atoms with Crippen molar-refractivity contribution < 1.29 is 17.8 Å². The fourth-order valence-corrected chi connectivity index (χ4v) is 7.60. The van der Waals surface area contributed by atoms with Gasteiger partial charge in [0, 0.05) is 13.0 Å². The summed E-state index contributed by atoms with van der Waals surface area (Å²) in [5.41, 5.74) is -1.12. The van der Waals surface area contributed by atoms with E-state index >= 15 is 0 Å². The average Bonchev–Trinajstić information content (AvgIpc) is 2.97. The molecule has 2 unspecified atom stereocenters. The molecule has 4 fully saturated rings. The summed E-state index contributed by atoms with van der Waals surface area (Å²) >= 11 is 0. The average molecular weight is 414 g/mol. The van der Waals surface area contributed by atoms with Crippen LogP contribution in [-0.4, -0.2) is 49.0 Å². The highest BCUT2D eigenvalue weighted by Gasteiger charge is 2.65. The van der Waals surface area contributed by atoms with Crippen LogP contribution >= 0.6 is 0 Å². The van der Waals surface area contributed by atoms with Gasteiger partial charge in [0.25, 0.3) is 10.1 Å². The van der Waals surface area contributed by atoms with Crippen molar-refractivity contribution >= 4 is 15.9 Å². The minimum Gasteiger partial charge on any atom is -0.303 e. The van der Waals surface area contributed by atoms with Crippen molar-refractivity contribution in [3.8, 4) is 0 Å². The van der Waals surface area contributed by atoms with Crippen LogP contribution in [0, 0.1) is 22.7 Å². The monoisotopic (exact) mass is 413 g/mol. The van der Waals surface area contributed by atoms with E-state index in [4.69, 9.17) is 4.55 Å². The van der Waals surface area contributed by atoms with Crippen LogP contribution in [0.25, 0.3) is 0 Å². The highest BCUT2D eigenvalue weighted by molar-refractivity contribution is 7.85. The second-order valence-electron chi connectivity index (χ2n) is 10.3. The van der Waals surface area contributed by atoms with Gasteiger partial charge in [-0.25, -0.2) is 0 Å². The maximum atomic E-state index is 11.9. The molecule has 162 valence electrons. The molecule has 0 amide bonds. The third kappa shape index (κ3) is 4.81. The molecule has 0 spiro atoms. The lowest BCUT2D eigenvalue weighted by Crippen LogP contribution is -2.42. The smallest absolute Gasteiger partial charge is 0.265 e. The van der Waals surface area contributed by atoms with Crippen LogP contribution in [0.2, 0.25) is 0 Å². The Balaban J connectivity index is 0.000000162. The quantitative estimate of drug-likeness (QED) is 0.695. The zero-order valence-electron chi connectivity index (χ0n) is 17.8. The molecule has 1 heterocycles. The number of ketones is 1. The number of hydrogen-bond acceptors (Lipinski definition) is 4. The summed E-state index contributed by atoms with van der Waals surface area (Å²) in [6, 6.07) is 0. The molecule has 0 aromatic rings. The number of hydrogen-bond donors (Lipinski definition) is 1. The van der Waals surface area contributed by atoms with Crippen molar-refractivity contribution in [1.82, 2.24) is 4.90 Å². The summed E-state index contributed by atoms with van der Waals surface area (Å²) in [6.45, 7) is 8.08. The minimum absolute atomic E-state index is 0.0152. The molecule has 4 rings (SSSR count). The number of carbonyl (C=O) groups excluding carboxylic acids is 1. The normalized spacial score (nSPS) is 33.5. The number of fused-ring (bicyclic) bond motifs is 2. The lowest BCUT2D eigenvalue weighted by molar-refractivity contribution is -0.128. The Morgan fingerprint density at radius 3 is 2.11 bits per heavy atom. The van der Waals surface area contributed by atoms with E-state index in [0.29, 0.717) is 12.8 Å². The number of piperidine rings is 1. The molecule has 5 nitrogen and oxygen atoms in total. The van der Waals surface area contributed by atoms with Gasteiger partial charge in [-0.15, -0.1) is 0 Å². The Labute approximate surface area is 171 Å². The summed E-state index contributed by atoms with van der Waals surface area (Å²) in [4.78, 5) is 14.6. The van der Waals surface area contributed by atoms with Crippen LogP contribution in [0.3, 0.4) is 0 Å². The van der Waals surface area contributed by atoms with E-state index in [-0.39, 0.29) is 17.1 Å². The Hall–Kier alpha value is -0.460. The molecule has 1 saturated heterocycles. The molecule has 3 aliphatic carbocycles. The molecule has 0 radical (unpaired) electrons. The third-order valence-electron chi connectivity index (χ3n) is 8.26. The lowest BCUT2D eigenvalue weighted by Gasteiger charge is -2.35. The molecule has 3 saturated carbocycles. The van der Waals surface area contributed by atoms with Crippen molar-refractivity contribution in [3.63, 3.8) is 0 Å². The molecule has 2 bridgehead atoms. The van der Waals surface area contributed by atoms with Crippen molar-refractivity contribution in [1.29, 1.82) is 0 Å². The first-order valence-electron chi connectivity index (χ1n) is 11.3. The van der Waals surface area contributed by atoms with E-state index < -0.39 is 21.3 Å². The SMILES string of the molecule is C1CCC(CN2CCCCC2)CC1.CC1(C)C2CCC1(CS(=O)(=O)O)C(=O)C2. The number of carbonyl (C=O) groups is 1. The molecular weight excluding hydrogens is 374 g/mol. The van der Waals surface area contributed by atoms with E-state index in [0.717, 1.165) is 12.3 Å². The second-order valence-corrected chi connectivity index (χ2v) is 11.7. The highest BCUT2D eigenvalue weighted by atomic mass is 32.2. The van der Waals surface area contributed by atoms with Crippen LogP contribution < -0.4 is 0 Å². The van der Waals surface area contributed by atoms with Crippen LogP contribution in [0.4, 0.5) is 0 Å². The van der Waals surface area contributed by atoms with Gasteiger partial charge in [-0.3, -0.25) is 9.35 Å². The van der Waals surface area contributed by atoms with Crippen molar-refractivity contribution in [2.24, 2.45) is 22.7 Å². The largest absolute Gasteiger partial charge is 0.303 e. The number of likely N-dealkylation sites (tertiary alicyclic amines) is 1. The first kappa shape index (κ1) is 22.2. The highest BCUT2D eigenvalue weighted by Crippen LogP contribution is 2.64. The van der Waals surface area contributed by atoms with Gasteiger partial charge >= 0.3 is 0 Å². The van der Waals surface area contributed by atoms with Crippen molar-refractivity contribution in [2.75, 3.05) is 25.4 Å². The molecule has 28 heavy (non-hydrogen) atoms. The van der Waals surface area contributed by atoms with Gasteiger partial charge < -0.3 is 4.90 Å². The lowest BCUT2D eigenvalue weighted by atomic mass is 9.70. The Kier molecular flexibility index (Phi) is 6.93. The molecule has 0 aromatic heterocycles. The maximum absolute atomic E-state index is 11.9. The van der Waals surface area contributed by atoms with Gasteiger partial charge in [0.1, 0.15) is 5.78 Å². The molecule has 1 N–H and O–H groups in total. The first-order valence-corrected chi connectivity index (χ1v) is 13.0. The van der Waals surface area contributed by atoms with Crippen LogP contribution in [0.15, 0.2) is 0 Å². The zero-order chi connectivity index (χ0) is 20.4. The van der Waals surface area contributed by atoms with E-state index in [2.05, 4.69) is 4.90 Å². The fraction of sp³-hybridized carbons (Fsp3) is 0.955. The molecule has 0 aromatic carbocycles. The van der Waals surface area contributed by atoms with Gasteiger partial charge in [-0.05, 0) is 68.9 Å². The van der Waals surface area contributed by atoms with Gasteiger partial charge in [0.2, 0.25) is 0 Å². The van der Waals surface area contributed by atoms with E-state index in [9.17, 15) is 13.2 Å². The van der Waals surface area contributed by atoms with E-state index in [1.165, 1.54) is 71.0 Å². The molecule has 4 aliphatic rings. The van der Waals surface area contributed by atoms with Gasteiger partial charge in [0.05, 0.1) is 11.2 Å². The van der Waals surface area contributed by atoms with Gasteiger partial charge in [-0.2, -0.15) is 8.42 Å². The minimum atomic E-state index is -4.08. The van der Waals surface area contributed by atoms with Crippen LogP contribution in [0.1, 0.15) is 84.5 Å². The number of nitrogens with zero attached hydrogens (tertiary/aromatic N) is 1. The summed E-state index contributed by atoms with van der Waals surface area (Å²) in [7, 11) is -4.08. The number of rotatable bonds is 4. The molecule has 6 heteroatoms. The van der Waals surface area contributed by atoms with Crippen molar-refractivity contribution in [2.45, 2.75) is 84.5 Å². The summed E-state index contributed by atoms with van der Waals surface area (Å²) < 4.78 is 31.0. The standard InChI is InChI=1S/C12H23N.C10H16O4S/c1-3-7-12(8-4-1)11-13-9-5-2-6-10-13;1-9(2)7-3-4-10(9,8(11)5-7)6-15(12,13)14/h12H,1-11H2;7H,3-6H2,1-2H3,(H,12,13,14). The van der Waals surface area contributed by atoms with Crippen molar-refractivity contribution in [3.05, 3.63) is 0 Å². The van der Waals surface area contributed by atoms with Crippen LogP contribution in [0.5, 0.6) is 0 Å². The number of Topliss-reactive ketones (excluding diaryl/α,β-unsaturated/α-hetero) is 1. The van der Waals surface area contributed by atoms with E-state index in [1.807, 2.05) is 13.8 Å². The summed E-state index contributed by atoms with van der Waals surface area (Å²) in [5.74, 6) is 0.947. The topological polar surface area (TPSA) is 74.7 Å².